The predicted molar refractivity (Wildman–Crippen MR) is 81.0 cm³/mol. The Hall–Kier alpha value is -1.98. The minimum absolute atomic E-state index is 0.407. The first-order valence-corrected chi connectivity index (χ1v) is 6.83. The number of halogens is 3. The van der Waals surface area contributed by atoms with Crippen LogP contribution in [0.15, 0.2) is 42.5 Å². The molecule has 1 unspecified atom stereocenters. The summed E-state index contributed by atoms with van der Waals surface area (Å²) in [7, 11) is 2.72. The van der Waals surface area contributed by atoms with Crippen molar-refractivity contribution in [2.75, 3.05) is 19.1 Å². The van der Waals surface area contributed by atoms with Crippen molar-refractivity contribution in [3.63, 3.8) is 0 Å². The maximum atomic E-state index is 13.9. The molecule has 3 nitrogen and oxygen atoms in total. The standard InChI is InChI=1S/C16H14ClF2NO2/c1-20(11-8-6-10(17)7-9-11)16(21)15(22-2)14-12(18)4-3-5-13(14)19/h3-9,15H,1-2H3. The average Bonchev–Trinajstić information content (AvgIpc) is 2.50. The Morgan fingerprint density at radius 1 is 1.14 bits per heavy atom. The van der Waals surface area contributed by atoms with Crippen LogP contribution in [-0.2, 0) is 9.53 Å². The fourth-order valence-electron chi connectivity index (χ4n) is 2.07. The molecule has 116 valence electrons. The molecule has 0 heterocycles. The van der Waals surface area contributed by atoms with Gasteiger partial charge in [0.2, 0.25) is 0 Å². The fourth-order valence-corrected chi connectivity index (χ4v) is 2.20. The van der Waals surface area contributed by atoms with Crippen LogP contribution in [-0.4, -0.2) is 20.1 Å². The van der Waals surface area contributed by atoms with Crippen LogP contribution in [0.4, 0.5) is 14.5 Å². The zero-order chi connectivity index (χ0) is 16.3. The maximum absolute atomic E-state index is 13.9. The van der Waals surface area contributed by atoms with Crippen LogP contribution in [0.3, 0.4) is 0 Å². The van der Waals surface area contributed by atoms with E-state index in [0.29, 0.717) is 10.7 Å². The molecule has 0 aliphatic rings. The second kappa shape index (κ2) is 6.85. The van der Waals surface area contributed by atoms with Gasteiger partial charge in [0.05, 0.1) is 5.56 Å². The summed E-state index contributed by atoms with van der Waals surface area (Å²) in [5, 5.41) is 0.521. The molecule has 22 heavy (non-hydrogen) atoms. The zero-order valence-corrected chi connectivity index (χ0v) is 12.8. The van der Waals surface area contributed by atoms with Crippen LogP contribution in [0.1, 0.15) is 11.7 Å². The number of anilines is 1. The number of ether oxygens (including phenoxy) is 1. The number of hydrogen-bond donors (Lipinski definition) is 0. The van der Waals surface area contributed by atoms with Crippen molar-refractivity contribution in [3.8, 4) is 0 Å². The minimum Gasteiger partial charge on any atom is -0.367 e. The lowest BCUT2D eigenvalue weighted by atomic mass is 10.1. The lowest BCUT2D eigenvalue weighted by Gasteiger charge is -2.23. The second-order valence-electron chi connectivity index (χ2n) is 4.62. The lowest BCUT2D eigenvalue weighted by Crippen LogP contribution is -2.33. The SMILES string of the molecule is COC(C(=O)N(C)c1ccc(Cl)cc1)c1c(F)cccc1F. The summed E-state index contributed by atoms with van der Waals surface area (Å²) in [6.45, 7) is 0. The van der Waals surface area contributed by atoms with Crippen molar-refractivity contribution in [1.29, 1.82) is 0 Å². The highest BCUT2D eigenvalue weighted by Gasteiger charge is 2.29. The quantitative estimate of drug-likeness (QED) is 0.851. The number of carbonyl (C=O) groups is 1. The third-order valence-electron chi connectivity index (χ3n) is 3.27. The first-order chi connectivity index (χ1) is 10.5. The number of rotatable bonds is 4. The smallest absolute Gasteiger partial charge is 0.260 e. The van der Waals surface area contributed by atoms with Gasteiger partial charge in [-0.05, 0) is 36.4 Å². The van der Waals surface area contributed by atoms with E-state index in [1.807, 2.05) is 0 Å². The van der Waals surface area contributed by atoms with Crippen molar-refractivity contribution in [2.24, 2.45) is 0 Å². The molecule has 0 fully saturated rings. The molecular weight excluding hydrogens is 312 g/mol. The van der Waals surface area contributed by atoms with Crippen LogP contribution in [0.5, 0.6) is 0 Å². The summed E-state index contributed by atoms with van der Waals surface area (Å²) in [4.78, 5) is 13.8. The van der Waals surface area contributed by atoms with Crippen molar-refractivity contribution in [1.82, 2.24) is 0 Å². The van der Waals surface area contributed by atoms with E-state index in [1.165, 1.54) is 25.1 Å². The highest BCUT2D eigenvalue weighted by Crippen LogP contribution is 2.27. The molecule has 0 aliphatic carbocycles. The topological polar surface area (TPSA) is 29.5 Å². The van der Waals surface area contributed by atoms with Gasteiger partial charge in [0.15, 0.2) is 6.10 Å². The van der Waals surface area contributed by atoms with Crippen molar-refractivity contribution < 1.29 is 18.3 Å². The fraction of sp³-hybridized carbons (Fsp3) is 0.188. The van der Waals surface area contributed by atoms with Crippen LogP contribution in [0.25, 0.3) is 0 Å². The summed E-state index contributed by atoms with van der Waals surface area (Å²) < 4.78 is 32.7. The van der Waals surface area contributed by atoms with Gasteiger partial charge < -0.3 is 9.64 Å². The van der Waals surface area contributed by atoms with E-state index < -0.39 is 29.2 Å². The second-order valence-corrected chi connectivity index (χ2v) is 5.06. The summed E-state index contributed by atoms with van der Waals surface area (Å²) in [6.07, 6.45) is -1.37. The third kappa shape index (κ3) is 3.26. The molecule has 0 saturated heterocycles. The summed E-state index contributed by atoms with van der Waals surface area (Å²) in [5.41, 5.74) is 0.129. The molecule has 2 aromatic rings. The number of amides is 1. The highest BCUT2D eigenvalue weighted by molar-refractivity contribution is 6.30. The zero-order valence-electron chi connectivity index (χ0n) is 12.0. The molecule has 1 amide bonds. The van der Waals surface area contributed by atoms with E-state index in [1.54, 1.807) is 24.3 Å². The van der Waals surface area contributed by atoms with Gasteiger partial charge >= 0.3 is 0 Å². The van der Waals surface area contributed by atoms with E-state index >= 15 is 0 Å². The van der Waals surface area contributed by atoms with Crippen LogP contribution < -0.4 is 4.90 Å². The largest absolute Gasteiger partial charge is 0.367 e. The Kier molecular flexibility index (Phi) is 5.11. The summed E-state index contributed by atoms with van der Waals surface area (Å²) >= 11 is 5.80. The molecule has 0 aliphatic heterocycles. The molecule has 0 N–H and O–H groups in total. The number of methoxy groups -OCH3 is 1. The van der Waals surface area contributed by atoms with Crippen molar-refractivity contribution in [3.05, 3.63) is 64.7 Å². The number of likely N-dealkylation sites (N-methyl/N-ethyl adjacent to an activating group) is 1. The van der Waals surface area contributed by atoms with Gasteiger partial charge in [0.25, 0.3) is 5.91 Å². The van der Waals surface area contributed by atoms with Gasteiger partial charge in [-0.2, -0.15) is 0 Å². The van der Waals surface area contributed by atoms with Crippen LogP contribution >= 0.6 is 11.6 Å². The van der Waals surface area contributed by atoms with E-state index in [-0.39, 0.29) is 0 Å². The molecule has 6 heteroatoms. The molecule has 1 atom stereocenters. The maximum Gasteiger partial charge on any atom is 0.260 e. The van der Waals surface area contributed by atoms with Crippen LogP contribution in [0.2, 0.25) is 5.02 Å². The molecule has 2 rings (SSSR count). The van der Waals surface area contributed by atoms with Gasteiger partial charge in [-0.1, -0.05) is 17.7 Å². The molecule has 0 radical (unpaired) electrons. The van der Waals surface area contributed by atoms with Gasteiger partial charge in [-0.15, -0.1) is 0 Å². The number of carbonyl (C=O) groups excluding carboxylic acids is 1. The van der Waals surface area contributed by atoms with Gasteiger partial charge in [0.1, 0.15) is 11.6 Å². The van der Waals surface area contributed by atoms with Crippen molar-refractivity contribution >= 4 is 23.2 Å². The molecule has 2 aromatic carbocycles. The minimum atomic E-state index is -1.37. The Balaban J connectivity index is 2.34. The van der Waals surface area contributed by atoms with Crippen LogP contribution in [0, 0.1) is 11.6 Å². The molecule has 0 aromatic heterocycles. The van der Waals surface area contributed by atoms with Crippen molar-refractivity contribution in [2.45, 2.75) is 6.10 Å². The molecule has 0 spiro atoms. The molecular formula is C16H14ClF2NO2. The number of nitrogens with zero attached hydrogens (tertiary/aromatic N) is 1. The first kappa shape index (κ1) is 16.4. The average molecular weight is 326 g/mol. The van der Waals surface area contributed by atoms with Gasteiger partial charge in [-0.3, -0.25) is 4.79 Å². The molecule has 0 saturated carbocycles. The molecule has 0 bridgehead atoms. The van der Waals surface area contributed by atoms with E-state index in [9.17, 15) is 13.6 Å². The van der Waals surface area contributed by atoms with Gasteiger partial charge in [-0.25, -0.2) is 8.78 Å². The third-order valence-corrected chi connectivity index (χ3v) is 3.52. The number of hydrogen-bond acceptors (Lipinski definition) is 2. The Morgan fingerprint density at radius 3 is 2.18 bits per heavy atom. The predicted octanol–water partition coefficient (Wildman–Crippen LogP) is 3.97. The lowest BCUT2D eigenvalue weighted by molar-refractivity contribution is -0.128. The van der Waals surface area contributed by atoms with E-state index in [0.717, 1.165) is 12.1 Å². The van der Waals surface area contributed by atoms with E-state index in [4.69, 9.17) is 16.3 Å². The number of benzene rings is 2. The summed E-state index contributed by atoms with van der Waals surface area (Å²) in [6, 6.07) is 9.89. The highest BCUT2D eigenvalue weighted by atomic mass is 35.5. The summed E-state index contributed by atoms with van der Waals surface area (Å²) in [5.74, 6) is -2.25. The monoisotopic (exact) mass is 325 g/mol. The Labute approximate surface area is 132 Å². The van der Waals surface area contributed by atoms with E-state index in [2.05, 4.69) is 0 Å². The normalized spacial score (nSPS) is 12.0. The van der Waals surface area contributed by atoms with Gasteiger partial charge in [0, 0.05) is 24.9 Å². The Bertz CT molecular complexity index is 656. The first-order valence-electron chi connectivity index (χ1n) is 6.45. The Morgan fingerprint density at radius 2 is 1.68 bits per heavy atom.